The van der Waals surface area contributed by atoms with Crippen LogP contribution in [0.3, 0.4) is 0 Å². The predicted molar refractivity (Wildman–Crippen MR) is 211 cm³/mol. The molecule has 0 radical (unpaired) electrons. The molecule has 3 heterocycles. The van der Waals surface area contributed by atoms with Crippen molar-refractivity contribution in [2.45, 2.75) is 104 Å². The van der Waals surface area contributed by atoms with Crippen LogP contribution in [0, 0.1) is 18.6 Å². The number of piperazine rings is 1. The van der Waals surface area contributed by atoms with Crippen molar-refractivity contribution in [1.82, 2.24) is 19.7 Å². The second-order valence-corrected chi connectivity index (χ2v) is 17.7. The van der Waals surface area contributed by atoms with Gasteiger partial charge in [0.05, 0.1) is 29.1 Å². The van der Waals surface area contributed by atoms with Crippen molar-refractivity contribution in [3.63, 3.8) is 0 Å². The highest BCUT2D eigenvalue weighted by Gasteiger charge is 2.51. The zero-order valence-corrected chi connectivity index (χ0v) is 35.0. The van der Waals surface area contributed by atoms with Crippen LogP contribution in [-0.4, -0.2) is 101 Å². The lowest BCUT2D eigenvalue weighted by Crippen LogP contribution is -2.66. The number of carbonyl (C=O) groups excluding carboxylic acids is 3. The second-order valence-electron chi connectivity index (χ2n) is 16.3. The van der Waals surface area contributed by atoms with E-state index in [1.165, 1.54) is 11.3 Å². The van der Waals surface area contributed by atoms with E-state index in [-0.39, 0.29) is 54.9 Å². The van der Waals surface area contributed by atoms with Crippen molar-refractivity contribution >= 4 is 46.6 Å². The molecule has 3 aliphatic rings. The Kier molecular flexibility index (Phi) is 12.3. The number of thiazole rings is 1. The minimum absolute atomic E-state index is 0.0119. The SMILES string of the molecule is COc1cccc(CN(C(=O)C2=C(c3cnc(OCCOc4c(F)ccc(Cl)c4F)s3)CC3CN(C(=O)OC(C)(C)C)C[C@H]2N3C(=O)OC(C)(C)C)C2CC2)c1C. The largest absolute Gasteiger partial charge is 0.496 e. The van der Waals surface area contributed by atoms with Gasteiger partial charge < -0.3 is 33.5 Å². The maximum Gasteiger partial charge on any atom is 0.411 e. The highest BCUT2D eigenvalue weighted by Crippen LogP contribution is 2.44. The number of benzene rings is 2. The summed E-state index contributed by atoms with van der Waals surface area (Å²) in [6, 6.07) is 6.35. The summed E-state index contributed by atoms with van der Waals surface area (Å²) in [7, 11) is 1.61. The number of amides is 3. The van der Waals surface area contributed by atoms with E-state index >= 15 is 4.79 Å². The average Bonchev–Trinajstić information content (AvgIpc) is 3.86. The standard InChI is InChI=1S/C41H49ClF2N4O8S/c1-23-24(10-9-11-31(23)52-8)20-47(25-12-13-25)36(49)33-27(32-19-45-37(57-32)54-17-16-53-35-29(43)15-14-28(42)34(35)44)18-26-21-46(38(50)55-40(2,3)4)22-30(33)48(26)39(51)56-41(5,6)7/h9-11,14-15,19,25-26,30H,12-13,16-18,20-22H2,1-8H3/t26?,30-/m1/s1. The van der Waals surface area contributed by atoms with Crippen LogP contribution in [0.2, 0.25) is 5.02 Å². The summed E-state index contributed by atoms with van der Waals surface area (Å²) in [6.45, 7) is 12.8. The van der Waals surface area contributed by atoms with E-state index in [0.29, 0.717) is 28.3 Å². The molecule has 0 spiro atoms. The Morgan fingerprint density at radius 1 is 0.965 bits per heavy atom. The van der Waals surface area contributed by atoms with Gasteiger partial charge in [-0.15, -0.1) is 0 Å². The summed E-state index contributed by atoms with van der Waals surface area (Å²) < 4.78 is 57.0. The summed E-state index contributed by atoms with van der Waals surface area (Å²) >= 11 is 6.98. The quantitative estimate of drug-likeness (QED) is 0.139. The molecule has 2 aliphatic heterocycles. The molecule has 1 aromatic heterocycles. The van der Waals surface area contributed by atoms with Crippen LogP contribution < -0.4 is 14.2 Å². The van der Waals surface area contributed by atoms with Crippen LogP contribution in [0.4, 0.5) is 18.4 Å². The summed E-state index contributed by atoms with van der Waals surface area (Å²) in [5.41, 5.74) is 1.26. The first-order valence-electron chi connectivity index (χ1n) is 18.9. The lowest BCUT2D eigenvalue weighted by Gasteiger charge is -2.51. The minimum Gasteiger partial charge on any atom is -0.496 e. The predicted octanol–water partition coefficient (Wildman–Crippen LogP) is 8.42. The van der Waals surface area contributed by atoms with Gasteiger partial charge in [0.2, 0.25) is 0 Å². The zero-order valence-electron chi connectivity index (χ0n) is 33.4. The summed E-state index contributed by atoms with van der Waals surface area (Å²) in [5, 5.41) is -0.0350. The van der Waals surface area contributed by atoms with Gasteiger partial charge in [-0.3, -0.25) is 9.69 Å². The number of aromatic nitrogens is 1. The van der Waals surface area contributed by atoms with Gasteiger partial charge in [0, 0.05) is 37.4 Å². The fourth-order valence-corrected chi connectivity index (χ4v) is 8.01. The molecule has 1 unspecified atom stereocenters. The van der Waals surface area contributed by atoms with Crippen molar-refractivity contribution in [3.8, 4) is 16.7 Å². The Labute approximate surface area is 340 Å². The molecule has 3 aromatic rings. The van der Waals surface area contributed by atoms with Crippen molar-refractivity contribution in [1.29, 1.82) is 0 Å². The summed E-state index contributed by atoms with van der Waals surface area (Å²) in [5.74, 6) is -2.07. The van der Waals surface area contributed by atoms with Gasteiger partial charge in [-0.05, 0) is 103 Å². The van der Waals surface area contributed by atoms with Crippen molar-refractivity contribution < 1.29 is 46.8 Å². The molecular weight excluding hydrogens is 782 g/mol. The van der Waals surface area contributed by atoms with Crippen LogP contribution in [-0.2, 0) is 20.8 Å². The number of methoxy groups -OCH3 is 1. The van der Waals surface area contributed by atoms with Crippen LogP contribution in [0.25, 0.3) is 5.57 Å². The lowest BCUT2D eigenvalue weighted by molar-refractivity contribution is -0.129. The number of carbonyl (C=O) groups is 3. The third-order valence-corrected chi connectivity index (χ3v) is 10.9. The molecule has 16 heteroatoms. The number of rotatable bonds is 11. The highest BCUT2D eigenvalue weighted by molar-refractivity contribution is 7.14. The van der Waals surface area contributed by atoms with Gasteiger partial charge in [0.15, 0.2) is 17.4 Å². The van der Waals surface area contributed by atoms with Crippen molar-refractivity contribution in [2.75, 3.05) is 33.4 Å². The molecule has 3 amide bonds. The van der Waals surface area contributed by atoms with Gasteiger partial charge in [0.25, 0.3) is 11.1 Å². The smallest absolute Gasteiger partial charge is 0.411 e. The fraction of sp³-hybridized carbons (Fsp3) is 0.512. The van der Waals surface area contributed by atoms with Crippen LogP contribution in [0.1, 0.15) is 76.8 Å². The molecule has 308 valence electrons. The normalized spacial score (nSPS) is 18.3. The van der Waals surface area contributed by atoms with E-state index < -0.39 is 52.9 Å². The Morgan fingerprint density at radius 2 is 1.65 bits per heavy atom. The molecule has 2 bridgehead atoms. The monoisotopic (exact) mass is 830 g/mol. The summed E-state index contributed by atoms with van der Waals surface area (Å²) in [6.07, 6.45) is 2.30. The third kappa shape index (κ3) is 9.74. The Hall–Kier alpha value is -4.63. The molecule has 1 saturated carbocycles. The molecule has 6 rings (SSSR count). The van der Waals surface area contributed by atoms with Crippen LogP contribution >= 0.6 is 22.9 Å². The molecule has 57 heavy (non-hydrogen) atoms. The van der Waals surface area contributed by atoms with Crippen LogP contribution in [0.15, 0.2) is 42.1 Å². The average molecular weight is 831 g/mol. The molecule has 2 aromatic carbocycles. The Morgan fingerprint density at radius 3 is 2.32 bits per heavy atom. The summed E-state index contributed by atoms with van der Waals surface area (Å²) in [4.78, 5) is 53.1. The van der Waals surface area contributed by atoms with Gasteiger partial charge in [-0.2, -0.15) is 0 Å². The number of hydrogen-bond acceptors (Lipinski definition) is 10. The van der Waals surface area contributed by atoms with Gasteiger partial charge in [-0.1, -0.05) is 35.1 Å². The molecular formula is C41H49ClF2N4O8S. The van der Waals surface area contributed by atoms with E-state index in [0.717, 1.165) is 36.1 Å². The molecule has 1 saturated heterocycles. The maximum absolute atomic E-state index is 15.3. The topological polar surface area (TPSA) is 120 Å². The van der Waals surface area contributed by atoms with E-state index in [4.69, 9.17) is 35.3 Å². The number of fused-ring (bicyclic) bond motifs is 2. The number of nitrogens with zero attached hydrogens (tertiary/aromatic N) is 4. The van der Waals surface area contributed by atoms with Crippen LogP contribution in [0.5, 0.6) is 16.7 Å². The molecule has 12 nitrogen and oxygen atoms in total. The van der Waals surface area contributed by atoms with Crippen molar-refractivity contribution in [2.24, 2.45) is 0 Å². The highest BCUT2D eigenvalue weighted by atomic mass is 35.5. The van der Waals surface area contributed by atoms with E-state index in [1.54, 1.807) is 64.6 Å². The number of ether oxygens (including phenoxy) is 5. The zero-order chi connectivity index (χ0) is 41.4. The van der Waals surface area contributed by atoms with Gasteiger partial charge in [-0.25, -0.2) is 23.4 Å². The van der Waals surface area contributed by atoms with Gasteiger partial charge >= 0.3 is 12.2 Å². The second kappa shape index (κ2) is 16.7. The molecule has 2 fully saturated rings. The third-order valence-electron chi connectivity index (χ3n) is 9.68. The fourth-order valence-electron chi connectivity index (χ4n) is 7.00. The van der Waals surface area contributed by atoms with Gasteiger partial charge in [0.1, 0.15) is 30.2 Å². The minimum atomic E-state index is -1.01. The first kappa shape index (κ1) is 42.0. The van der Waals surface area contributed by atoms with E-state index in [9.17, 15) is 18.4 Å². The van der Waals surface area contributed by atoms with E-state index in [1.807, 2.05) is 30.0 Å². The first-order valence-corrected chi connectivity index (χ1v) is 20.1. The molecule has 0 N–H and O–H groups in total. The first-order chi connectivity index (χ1) is 26.8. The lowest BCUT2D eigenvalue weighted by atomic mass is 9.83. The maximum atomic E-state index is 15.3. The molecule has 1 aliphatic carbocycles. The van der Waals surface area contributed by atoms with Crippen molar-refractivity contribution in [3.05, 3.63) is 74.8 Å². The Balaban J connectivity index is 1.38. The van der Waals surface area contributed by atoms with E-state index in [2.05, 4.69) is 4.98 Å². The molecule has 2 atom stereocenters. The number of hydrogen-bond donors (Lipinski definition) is 0. The number of halogens is 3. The Bertz CT molecular complexity index is 2040.